The lowest BCUT2D eigenvalue weighted by atomic mass is 9.90. The first-order valence-electron chi connectivity index (χ1n) is 6.64. The van der Waals surface area contributed by atoms with Crippen molar-refractivity contribution in [2.45, 2.75) is 26.8 Å². The van der Waals surface area contributed by atoms with Gasteiger partial charge in [0.05, 0.1) is 6.04 Å². The Labute approximate surface area is 118 Å². The van der Waals surface area contributed by atoms with Crippen molar-refractivity contribution in [3.8, 4) is 0 Å². The van der Waals surface area contributed by atoms with E-state index in [9.17, 15) is 8.78 Å². The number of halogens is 2. The summed E-state index contributed by atoms with van der Waals surface area (Å²) < 4.78 is 26.5. The van der Waals surface area contributed by atoms with Gasteiger partial charge in [0.2, 0.25) is 0 Å². The summed E-state index contributed by atoms with van der Waals surface area (Å²) in [6, 6.07) is 8.12. The molecule has 0 aliphatic carbocycles. The Balaban J connectivity index is 2.55. The number of rotatable bonds is 3. The predicted octanol–water partition coefficient (Wildman–Crippen LogP) is 4.20. The molecule has 0 saturated heterocycles. The summed E-state index contributed by atoms with van der Waals surface area (Å²) in [6.45, 7) is 6.13. The van der Waals surface area contributed by atoms with Crippen LogP contribution in [0.15, 0.2) is 30.3 Å². The van der Waals surface area contributed by atoms with Gasteiger partial charge < -0.3 is 5.32 Å². The first-order valence-corrected chi connectivity index (χ1v) is 6.64. The molecule has 1 unspecified atom stereocenters. The molecule has 0 fully saturated rings. The molecule has 3 heteroatoms. The van der Waals surface area contributed by atoms with Crippen LogP contribution in [0.25, 0.3) is 0 Å². The van der Waals surface area contributed by atoms with Crippen molar-refractivity contribution in [1.82, 2.24) is 5.32 Å². The summed E-state index contributed by atoms with van der Waals surface area (Å²) in [5.41, 5.74) is 5.33. The molecule has 0 radical (unpaired) electrons. The van der Waals surface area contributed by atoms with Gasteiger partial charge in [-0.1, -0.05) is 23.8 Å². The normalized spacial score (nSPS) is 12.5. The predicted molar refractivity (Wildman–Crippen MR) is 77.9 cm³/mol. The van der Waals surface area contributed by atoms with E-state index in [4.69, 9.17) is 0 Å². The zero-order valence-corrected chi connectivity index (χ0v) is 12.2. The van der Waals surface area contributed by atoms with Crippen LogP contribution in [0.2, 0.25) is 0 Å². The molecule has 0 saturated carbocycles. The Morgan fingerprint density at radius 2 is 1.50 bits per heavy atom. The molecule has 20 heavy (non-hydrogen) atoms. The lowest BCUT2D eigenvalue weighted by Crippen LogP contribution is -2.20. The second kappa shape index (κ2) is 5.71. The summed E-state index contributed by atoms with van der Waals surface area (Å²) in [4.78, 5) is 0. The molecule has 1 nitrogen and oxygen atoms in total. The van der Waals surface area contributed by atoms with E-state index in [1.54, 1.807) is 6.07 Å². The highest BCUT2D eigenvalue weighted by Gasteiger charge is 2.18. The van der Waals surface area contributed by atoms with E-state index in [-0.39, 0.29) is 6.04 Å². The van der Waals surface area contributed by atoms with E-state index in [0.717, 1.165) is 22.3 Å². The summed E-state index contributed by atoms with van der Waals surface area (Å²) in [5.74, 6) is -1.63. The molecule has 0 aromatic heterocycles. The number of nitrogens with one attached hydrogen (secondary N) is 1. The highest BCUT2D eigenvalue weighted by Crippen LogP contribution is 2.29. The van der Waals surface area contributed by atoms with Crippen molar-refractivity contribution in [1.29, 1.82) is 0 Å². The number of aryl methyl sites for hydroxylation is 3. The van der Waals surface area contributed by atoms with Crippen LogP contribution < -0.4 is 5.32 Å². The molecule has 1 atom stereocenters. The number of benzene rings is 2. The van der Waals surface area contributed by atoms with Crippen molar-refractivity contribution in [3.63, 3.8) is 0 Å². The van der Waals surface area contributed by atoms with Crippen LogP contribution in [0.5, 0.6) is 0 Å². The van der Waals surface area contributed by atoms with Crippen molar-refractivity contribution in [2.75, 3.05) is 7.05 Å². The molecule has 0 bridgehead atoms. The zero-order chi connectivity index (χ0) is 14.9. The summed E-state index contributed by atoms with van der Waals surface area (Å²) in [7, 11) is 1.82. The lowest BCUT2D eigenvalue weighted by Gasteiger charge is -2.22. The van der Waals surface area contributed by atoms with Crippen molar-refractivity contribution < 1.29 is 8.78 Å². The van der Waals surface area contributed by atoms with Gasteiger partial charge in [0.1, 0.15) is 0 Å². The molecule has 2 aromatic carbocycles. The van der Waals surface area contributed by atoms with Crippen LogP contribution in [-0.2, 0) is 0 Å². The van der Waals surface area contributed by atoms with Gasteiger partial charge in [-0.2, -0.15) is 0 Å². The fourth-order valence-electron chi connectivity index (χ4n) is 2.82. The summed E-state index contributed by atoms with van der Waals surface area (Å²) in [5, 5.41) is 3.19. The Bertz CT molecular complexity index is 612. The Morgan fingerprint density at radius 1 is 0.900 bits per heavy atom. The molecule has 0 spiro atoms. The second-order valence-electron chi connectivity index (χ2n) is 5.21. The average molecular weight is 275 g/mol. The van der Waals surface area contributed by atoms with Gasteiger partial charge in [0.15, 0.2) is 11.6 Å². The van der Waals surface area contributed by atoms with E-state index in [1.165, 1.54) is 17.7 Å². The maximum atomic E-state index is 13.5. The van der Waals surface area contributed by atoms with E-state index in [1.807, 2.05) is 20.9 Å². The fraction of sp³-hybridized carbons (Fsp3) is 0.294. The minimum atomic E-state index is -0.819. The van der Waals surface area contributed by atoms with Gasteiger partial charge in [-0.25, -0.2) is 8.78 Å². The van der Waals surface area contributed by atoms with Gasteiger partial charge in [-0.3, -0.25) is 0 Å². The smallest absolute Gasteiger partial charge is 0.159 e. The minimum absolute atomic E-state index is 0.148. The summed E-state index contributed by atoms with van der Waals surface area (Å²) in [6.07, 6.45) is 0. The van der Waals surface area contributed by atoms with E-state index in [0.29, 0.717) is 0 Å². The van der Waals surface area contributed by atoms with E-state index >= 15 is 0 Å². The molecular formula is C17H19F2N. The Morgan fingerprint density at radius 3 is 2.00 bits per heavy atom. The number of hydrogen-bond donors (Lipinski definition) is 1. The van der Waals surface area contributed by atoms with Gasteiger partial charge in [0, 0.05) is 0 Å². The minimum Gasteiger partial charge on any atom is -0.309 e. The molecule has 106 valence electrons. The van der Waals surface area contributed by atoms with Crippen LogP contribution in [-0.4, -0.2) is 7.05 Å². The zero-order valence-electron chi connectivity index (χ0n) is 12.2. The highest BCUT2D eigenvalue weighted by atomic mass is 19.2. The molecular weight excluding hydrogens is 256 g/mol. The van der Waals surface area contributed by atoms with Crippen molar-refractivity contribution in [2.24, 2.45) is 0 Å². The maximum Gasteiger partial charge on any atom is 0.159 e. The lowest BCUT2D eigenvalue weighted by molar-refractivity contribution is 0.504. The third-order valence-electron chi connectivity index (χ3n) is 3.59. The average Bonchev–Trinajstić information content (AvgIpc) is 2.37. The molecule has 1 N–H and O–H groups in total. The van der Waals surface area contributed by atoms with Gasteiger partial charge in [-0.15, -0.1) is 0 Å². The first kappa shape index (κ1) is 14.7. The second-order valence-corrected chi connectivity index (χ2v) is 5.21. The molecule has 0 aliphatic rings. The first-order chi connectivity index (χ1) is 9.43. The maximum absolute atomic E-state index is 13.5. The van der Waals surface area contributed by atoms with Gasteiger partial charge in [-0.05, 0) is 62.2 Å². The molecule has 0 amide bonds. The molecule has 0 aliphatic heterocycles. The molecule has 2 rings (SSSR count). The third-order valence-corrected chi connectivity index (χ3v) is 3.59. The van der Waals surface area contributed by atoms with E-state index < -0.39 is 11.6 Å². The monoisotopic (exact) mass is 275 g/mol. The molecule has 2 aromatic rings. The summed E-state index contributed by atoms with van der Waals surface area (Å²) >= 11 is 0. The highest BCUT2D eigenvalue weighted by molar-refractivity contribution is 5.44. The Kier molecular flexibility index (Phi) is 4.19. The molecule has 0 heterocycles. The standard InChI is InChI=1S/C17H19F2N/c1-10-7-11(2)16(12(3)8-10)17(20-4)13-5-6-14(18)15(19)9-13/h5-9,17,20H,1-4H3. The van der Waals surface area contributed by atoms with Crippen LogP contribution in [0.3, 0.4) is 0 Å². The van der Waals surface area contributed by atoms with Crippen molar-refractivity contribution in [3.05, 3.63) is 69.8 Å². The third kappa shape index (κ3) is 2.73. The van der Waals surface area contributed by atoms with Crippen LogP contribution >= 0.6 is 0 Å². The van der Waals surface area contributed by atoms with E-state index in [2.05, 4.69) is 24.4 Å². The largest absolute Gasteiger partial charge is 0.309 e. The SMILES string of the molecule is CNC(c1ccc(F)c(F)c1)c1c(C)cc(C)cc1C. The quantitative estimate of drug-likeness (QED) is 0.885. The van der Waals surface area contributed by atoms with Gasteiger partial charge in [0.25, 0.3) is 0 Å². The van der Waals surface area contributed by atoms with Crippen LogP contribution in [0, 0.1) is 32.4 Å². The van der Waals surface area contributed by atoms with Crippen molar-refractivity contribution >= 4 is 0 Å². The number of hydrogen-bond acceptors (Lipinski definition) is 1. The fourth-order valence-corrected chi connectivity index (χ4v) is 2.82. The van der Waals surface area contributed by atoms with Crippen LogP contribution in [0.4, 0.5) is 8.78 Å². The van der Waals surface area contributed by atoms with Crippen LogP contribution in [0.1, 0.15) is 33.9 Å². The van der Waals surface area contributed by atoms with Gasteiger partial charge >= 0.3 is 0 Å². The Hall–Kier alpha value is -1.74. The topological polar surface area (TPSA) is 12.0 Å².